The van der Waals surface area contributed by atoms with Gasteiger partial charge in [0.05, 0.1) is 6.42 Å². The van der Waals surface area contributed by atoms with E-state index in [9.17, 15) is 9.59 Å². The summed E-state index contributed by atoms with van der Waals surface area (Å²) in [6, 6.07) is 0. The van der Waals surface area contributed by atoms with E-state index in [0.29, 0.717) is 13.0 Å². The molecule has 0 rings (SSSR count). The van der Waals surface area contributed by atoms with Gasteiger partial charge in [-0.1, -0.05) is 71.1 Å². The minimum absolute atomic E-state index is 0. The molecule has 1 N–H and O–H groups in total. The van der Waals surface area contributed by atoms with Gasteiger partial charge in [0.25, 0.3) is 0 Å². The summed E-state index contributed by atoms with van der Waals surface area (Å²) in [5.41, 5.74) is 0. The Morgan fingerprint density at radius 1 is 0.826 bits per heavy atom. The van der Waals surface area contributed by atoms with Gasteiger partial charge in [-0.3, -0.25) is 9.59 Å². The number of hydrogen-bond acceptors (Lipinski definition) is 2. The molecule has 0 radical (unpaired) electrons. The molecule has 132 valence electrons. The van der Waals surface area contributed by atoms with Crippen molar-refractivity contribution in [2.24, 2.45) is 0 Å². The van der Waals surface area contributed by atoms with Crippen LogP contribution in [0.1, 0.15) is 91.8 Å². The summed E-state index contributed by atoms with van der Waals surface area (Å²) in [5.74, 6) is -0.786. The Hall–Kier alpha value is -0.0600. The van der Waals surface area contributed by atoms with Crippen molar-refractivity contribution in [1.82, 2.24) is 4.90 Å². The summed E-state index contributed by atoms with van der Waals surface area (Å²) in [6.07, 6.45) is 14.6. The van der Waals surface area contributed by atoms with Gasteiger partial charge in [0.15, 0.2) is 0 Å². The summed E-state index contributed by atoms with van der Waals surface area (Å²) >= 11 is 0. The first-order valence-corrected chi connectivity index (χ1v) is 9.03. The van der Waals surface area contributed by atoms with Crippen LogP contribution in [0.5, 0.6) is 0 Å². The molecule has 0 aromatic heterocycles. The van der Waals surface area contributed by atoms with Crippen LogP contribution >= 0.6 is 0 Å². The first kappa shape index (κ1) is 25.2. The monoisotopic (exact) mass is 337 g/mol. The normalized spacial score (nSPS) is 10.2. The van der Waals surface area contributed by atoms with Gasteiger partial charge in [0.1, 0.15) is 0 Å². The maximum absolute atomic E-state index is 11.7. The molecule has 0 aromatic rings. The molecule has 0 aliphatic carbocycles. The predicted octanol–water partition coefficient (Wildman–Crippen LogP) is 1.74. The number of hydrogen-bond donors (Lipinski definition) is 1. The summed E-state index contributed by atoms with van der Waals surface area (Å²) in [7, 11) is 1.68. The largest absolute Gasteiger partial charge is 1.00 e. The van der Waals surface area contributed by atoms with Crippen molar-refractivity contribution in [3.8, 4) is 0 Å². The fourth-order valence-electron chi connectivity index (χ4n) is 2.52. The number of nitrogens with zero attached hydrogens (tertiary/aromatic N) is 1. The van der Waals surface area contributed by atoms with Crippen molar-refractivity contribution in [1.29, 1.82) is 0 Å². The Bertz CT molecular complexity index is 304. The molecular formula is C18H36NNaO3. The number of carboxylic acids is 1. The van der Waals surface area contributed by atoms with E-state index in [-0.39, 0.29) is 43.3 Å². The van der Waals surface area contributed by atoms with Gasteiger partial charge in [-0.25, -0.2) is 0 Å². The minimum atomic E-state index is -0.852. The first-order valence-electron chi connectivity index (χ1n) is 9.03. The predicted molar refractivity (Wildman–Crippen MR) is 92.1 cm³/mol. The standard InChI is InChI=1S/C18H35NO3.Na.H/c1-3-4-5-6-7-8-9-10-11-12-13-14-17(20)19(2)16-15-18(21)22;;/h3-16H2,1-2H3,(H,21,22);;/q;+1;-1. The SMILES string of the molecule is CCCCCCCCCCCCCC(=O)N(C)CCC(=O)O.[H-].[Na+]. The van der Waals surface area contributed by atoms with Gasteiger partial charge in [-0.05, 0) is 6.42 Å². The Kier molecular flexibility index (Phi) is 20.0. The molecular weight excluding hydrogens is 301 g/mol. The number of rotatable bonds is 15. The van der Waals surface area contributed by atoms with Gasteiger partial charge in [0, 0.05) is 20.0 Å². The van der Waals surface area contributed by atoms with Gasteiger partial charge >= 0.3 is 35.5 Å². The van der Waals surface area contributed by atoms with E-state index in [2.05, 4.69) is 6.92 Å². The fourth-order valence-corrected chi connectivity index (χ4v) is 2.52. The van der Waals surface area contributed by atoms with Gasteiger partial charge in [-0.2, -0.15) is 0 Å². The van der Waals surface area contributed by atoms with Crippen molar-refractivity contribution >= 4 is 11.9 Å². The third kappa shape index (κ3) is 18.1. The third-order valence-corrected chi connectivity index (χ3v) is 4.08. The molecule has 4 nitrogen and oxygen atoms in total. The number of carboxylic acid groups (broad SMARTS) is 1. The molecule has 0 saturated carbocycles. The van der Waals surface area contributed by atoms with Crippen molar-refractivity contribution in [2.45, 2.75) is 90.4 Å². The van der Waals surface area contributed by atoms with Crippen LogP contribution in [-0.2, 0) is 9.59 Å². The van der Waals surface area contributed by atoms with E-state index in [0.717, 1.165) is 12.8 Å². The van der Waals surface area contributed by atoms with E-state index >= 15 is 0 Å². The molecule has 0 heterocycles. The molecule has 0 spiro atoms. The van der Waals surface area contributed by atoms with Crippen LogP contribution < -0.4 is 29.6 Å². The topological polar surface area (TPSA) is 57.6 Å². The molecule has 0 atom stereocenters. The van der Waals surface area contributed by atoms with Crippen LogP contribution in [0.25, 0.3) is 0 Å². The zero-order chi connectivity index (χ0) is 16.6. The zero-order valence-corrected chi connectivity index (χ0v) is 17.6. The first-order chi connectivity index (χ1) is 10.6. The second kappa shape index (κ2) is 18.3. The molecule has 0 aliphatic heterocycles. The zero-order valence-electron chi connectivity index (χ0n) is 16.6. The molecule has 0 bridgehead atoms. The number of amides is 1. The minimum Gasteiger partial charge on any atom is -1.00 e. The van der Waals surface area contributed by atoms with Gasteiger partial charge < -0.3 is 11.4 Å². The van der Waals surface area contributed by atoms with E-state index in [1.165, 1.54) is 62.7 Å². The van der Waals surface area contributed by atoms with Crippen LogP contribution in [0.15, 0.2) is 0 Å². The molecule has 23 heavy (non-hydrogen) atoms. The molecule has 1 amide bonds. The molecule has 0 aromatic carbocycles. The maximum atomic E-state index is 11.7. The maximum Gasteiger partial charge on any atom is 1.00 e. The van der Waals surface area contributed by atoms with Crippen LogP contribution in [0.3, 0.4) is 0 Å². The number of unbranched alkanes of at least 4 members (excludes halogenated alkanes) is 10. The smallest absolute Gasteiger partial charge is 1.00 e. The number of carbonyl (C=O) groups excluding carboxylic acids is 1. The van der Waals surface area contributed by atoms with Gasteiger partial charge in [-0.15, -0.1) is 0 Å². The third-order valence-electron chi connectivity index (χ3n) is 4.08. The summed E-state index contributed by atoms with van der Waals surface area (Å²) in [6.45, 7) is 2.56. The second-order valence-electron chi connectivity index (χ2n) is 6.24. The van der Waals surface area contributed by atoms with Crippen molar-refractivity contribution in [3.05, 3.63) is 0 Å². The summed E-state index contributed by atoms with van der Waals surface area (Å²) in [4.78, 5) is 23.7. The van der Waals surface area contributed by atoms with Crippen LogP contribution in [-0.4, -0.2) is 35.5 Å². The average Bonchev–Trinajstić information content (AvgIpc) is 2.49. The van der Waals surface area contributed by atoms with Crippen LogP contribution in [0.4, 0.5) is 0 Å². The Morgan fingerprint density at radius 3 is 1.70 bits per heavy atom. The van der Waals surface area contributed by atoms with Crippen molar-refractivity contribution in [3.63, 3.8) is 0 Å². The second-order valence-corrected chi connectivity index (χ2v) is 6.24. The van der Waals surface area contributed by atoms with Crippen LogP contribution in [0, 0.1) is 0 Å². The Morgan fingerprint density at radius 2 is 1.26 bits per heavy atom. The molecule has 5 heteroatoms. The van der Waals surface area contributed by atoms with E-state index in [1.54, 1.807) is 7.05 Å². The Labute approximate surface area is 166 Å². The number of aliphatic carboxylic acids is 1. The van der Waals surface area contributed by atoms with Gasteiger partial charge in [0.2, 0.25) is 5.91 Å². The van der Waals surface area contributed by atoms with E-state index < -0.39 is 5.97 Å². The quantitative estimate of drug-likeness (QED) is 0.366. The summed E-state index contributed by atoms with van der Waals surface area (Å²) in [5, 5.41) is 8.58. The van der Waals surface area contributed by atoms with E-state index in [4.69, 9.17) is 5.11 Å². The molecule has 0 fully saturated rings. The molecule has 0 saturated heterocycles. The average molecular weight is 337 g/mol. The van der Waals surface area contributed by atoms with Crippen molar-refractivity contribution < 1.29 is 45.7 Å². The van der Waals surface area contributed by atoms with Crippen molar-refractivity contribution in [2.75, 3.05) is 13.6 Å². The molecule has 0 unspecified atom stereocenters. The van der Waals surface area contributed by atoms with Crippen LogP contribution in [0.2, 0.25) is 0 Å². The molecule has 0 aliphatic rings. The Balaban J connectivity index is -0.00000220. The summed E-state index contributed by atoms with van der Waals surface area (Å²) < 4.78 is 0. The van der Waals surface area contributed by atoms with E-state index in [1.807, 2.05) is 0 Å². The number of carbonyl (C=O) groups is 2. The fraction of sp³-hybridized carbons (Fsp3) is 0.889.